The van der Waals surface area contributed by atoms with Crippen LogP contribution in [0.25, 0.3) is 0 Å². The highest BCUT2D eigenvalue weighted by atomic mass is 16.5. The average Bonchev–Trinajstić information content (AvgIpc) is 2.75. The first-order valence-electron chi connectivity index (χ1n) is 10.8. The monoisotopic (exact) mass is 403 g/mol. The van der Waals surface area contributed by atoms with E-state index in [0.29, 0.717) is 6.61 Å². The predicted octanol–water partition coefficient (Wildman–Crippen LogP) is 1.51. The van der Waals surface area contributed by atoms with E-state index >= 15 is 0 Å². The standard InChI is InChI=1S/C21H37N7O/c22-21(23)26-12-4-2-1-3-5-15-27-28-16-7-17-29-19-10-8-18(9-11-19)20-24-13-6-14-25-20/h8-11,27-28H,1-7,12-17H2,(H,24,25)(H4,22,23,26). The van der Waals surface area contributed by atoms with Gasteiger partial charge in [-0.05, 0) is 49.9 Å². The van der Waals surface area contributed by atoms with Gasteiger partial charge in [-0.25, -0.2) is 0 Å². The molecule has 1 aliphatic heterocycles. The minimum atomic E-state index is 0.186. The molecule has 29 heavy (non-hydrogen) atoms. The smallest absolute Gasteiger partial charge is 0.185 e. The Hall–Kier alpha value is -2.32. The molecule has 0 fully saturated rings. The molecular weight excluding hydrogens is 366 g/mol. The van der Waals surface area contributed by atoms with Crippen LogP contribution in [-0.4, -0.2) is 51.1 Å². The number of amidine groups is 1. The molecule has 0 bridgehead atoms. The Balaban J connectivity index is 1.40. The van der Waals surface area contributed by atoms with Crippen LogP contribution in [-0.2, 0) is 0 Å². The summed E-state index contributed by atoms with van der Waals surface area (Å²) >= 11 is 0. The molecule has 8 heteroatoms. The molecule has 0 spiro atoms. The fourth-order valence-electron chi connectivity index (χ4n) is 3.03. The van der Waals surface area contributed by atoms with E-state index in [0.717, 1.165) is 75.6 Å². The number of ether oxygens (including phenoxy) is 1. The SMILES string of the molecule is NC(N)=NCCCCCCCNNCCCOc1ccc(C2=NCCCN2)cc1. The summed E-state index contributed by atoms with van der Waals surface area (Å²) in [5.41, 5.74) is 18.2. The van der Waals surface area contributed by atoms with Crippen molar-refractivity contribution in [2.45, 2.75) is 44.9 Å². The number of benzene rings is 1. The van der Waals surface area contributed by atoms with Gasteiger partial charge in [0.2, 0.25) is 0 Å². The number of guanidine groups is 1. The van der Waals surface area contributed by atoms with Crippen LogP contribution >= 0.6 is 0 Å². The van der Waals surface area contributed by atoms with Gasteiger partial charge in [0.1, 0.15) is 11.6 Å². The average molecular weight is 404 g/mol. The third kappa shape index (κ3) is 10.7. The van der Waals surface area contributed by atoms with Crippen LogP contribution < -0.4 is 32.4 Å². The quantitative estimate of drug-likeness (QED) is 0.131. The lowest BCUT2D eigenvalue weighted by Crippen LogP contribution is -2.33. The van der Waals surface area contributed by atoms with E-state index in [1.54, 1.807) is 0 Å². The maximum Gasteiger partial charge on any atom is 0.185 e. The molecule has 2 rings (SSSR count). The predicted molar refractivity (Wildman–Crippen MR) is 120 cm³/mol. The molecule has 0 atom stereocenters. The summed E-state index contributed by atoms with van der Waals surface area (Å²) < 4.78 is 5.80. The van der Waals surface area contributed by atoms with Gasteiger partial charge in [0.25, 0.3) is 0 Å². The largest absolute Gasteiger partial charge is 0.494 e. The van der Waals surface area contributed by atoms with Gasteiger partial charge >= 0.3 is 0 Å². The molecule has 7 N–H and O–H groups in total. The van der Waals surface area contributed by atoms with Gasteiger partial charge in [-0.1, -0.05) is 19.3 Å². The molecule has 1 aromatic rings. The summed E-state index contributed by atoms with van der Waals surface area (Å²) in [5.74, 6) is 2.08. The van der Waals surface area contributed by atoms with E-state index < -0.39 is 0 Å². The second-order valence-corrected chi connectivity index (χ2v) is 7.16. The van der Waals surface area contributed by atoms with Crippen molar-refractivity contribution in [1.82, 2.24) is 16.2 Å². The van der Waals surface area contributed by atoms with Crippen LogP contribution in [0, 0.1) is 0 Å². The van der Waals surface area contributed by atoms with E-state index in [9.17, 15) is 0 Å². The number of nitrogens with two attached hydrogens (primary N) is 2. The summed E-state index contributed by atoms with van der Waals surface area (Å²) in [5, 5.41) is 3.34. The molecule has 1 heterocycles. The first kappa shape index (κ1) is 23.0. The van der Waals surface area contributed by atoms with Gasteiger partial charge in [-0.3, -0.25) is 20.8 Å². The maximum absolute atomic E-state index is 5.80. The molecule has 0 unspecified atom stereocenters. The Bertz CT molecular complexity index is 612. The number of hydrogen-bond acceptors (Lipinski definition) is 6. The number of aliphatic imine (C=N–C) groups is 2. The first-order chi connectivity index (χ1) is 14.3. The number of nitrogens with zero attached hydrogens (tertiary/aromatic N) is 2. The zero-order chi connectivity index (χ0) is 20.6. The third-order valence-electron chi connectivity index (χ3n) is 4.62. The van der Waals surface area contributed by atoms with Crippen molar-refractivity contribution in [1.29, 1.82) is 0 Å². The Kier molecular flexibility index (Phi) is 11.6. The summed E-state index contributed by atoms with van der Waals surface area (Å²) in [6.07, 6.45) is 7.89. The summed E-state index contributed by atoms with van der Waals surface area (Å²) in [6, 6.07) is 8.15. The molecule has 162 valence electrons. The molecule has 0 aromatic heterocycles. The highest BCUT2D eigenvalue weighted by Crippen LogP contribution is 2.13. The van der Waals surface area contributed by atoms with E-state index in [4.69, 9.17) is 16.2 Å². The topological polar surface area (TPSA) is 122 Å². The third-order valence-corrected chi connectivity index (χ3v) is 4.62. The normalized spacial score (nSPS) is 13.4. The lowest BCUT2D eigenvalue weighted by atomic mass is 10.1. The van der Waals surface area contributed by atoms with E-state index in [-0.39, 0.29) is 5.96 Å². The van der Waals surface area contributed by atoms with Crippen LogP contribution in [0.5, 0.6) is 5.75 Å². The van der Waals surface area contributed by atoms with Crippen molar-refractivity contribution in [3.8, 4) is 5.75 Å². The summed E-state index contributed by atoms with van der Waals surface area (Å²) in [6.45, 7) is 5.20. The zero-order valence-electron chi connectivity index (χ0n) is 17.5. The van der Waals surface area contributed by atoms with Gasteiger partial charge < -0.3 is 21.5 Å². The number of hydrogen-bond donors (Lipinski definition) is 5. The molecule has 8 nitrogen and oxygen atoms in total. The maximum atomic E-state index is 5.80. The highest BCUT2D eigenvalue weighted by molar-refractivity contribution is 5.99. The van der Waals surface area contributed by atoms with Crippen LogP contribution in [0.2, 0.25) is 0 Å². The Morgan fingerprint density at radius 1 is 1.00 bits per heavy atom. The lowest BCUT2D eigenvalue weighted by Gasteiger charge is -2.15. The Labute approximate surface area is 174 Å². The summed E-state index contributed by atoms with van der Waals surface area (Å²) in [7, 11) is 0. The second kappa shape index (κ2) is 14.6. The van der Waals surface area contributed by atoms with Crippen molar-refractivity contribution >= 4 is 11.8 Å². The van der Waals surface area contributed by atoms with Gasteiger partial charge in [0, 0.05) is 38.3 Å². The molecule has 1 aliphatic rings. The van der Waals surface area contributed by atoms with E-state index in [1.807, 2.05) is 12.1 Å². The molecular formula is C21H37N7O. The minimum Gasteiger partial charge on any atom is -0.494 e. The van der Waals surface area contributed by atoms with Crippen molar-refractivity contribution < 1.29 is 4.74 Å². The fourth-order valence-corrected chi connectivity index (χ4v) is 3.03. The zero-order valence-corrected chi connectivity index (χ0v) is 17.5. The molecule has 0 amide bonds. The van der Waals surface area contributed by atoms with Crippen LogP contribution in [0.1, 0.15) is 50.5 Å². The van der Waals surface area contributed by atoms with Crippen LogP contribution in [0.4, 0.5) is 0 Å². The van der Waals surface area contributed by atoms with Crippen molar-refractivity contribution in [3.05, 3.63) is 29.8 Å². The van der Waals surface area contributed by atoms with Gasteiger partial charge in [-0.15, -0.1) is 0 Å². The molecule has 0 radical (unpaired) electrons. The highest BCUT2D eigenvalue weighted by Gasteiger charge is 2.06. The minimum absolute atomic E-state index is 0.186. The lowest BCUT2D eigenvalue weighted by molar-refractivity contribution is 0.304. The van der Waals surface area contributed by atoms with Crippen LogP contribution in [0.3, 0.4) is 0 Å². The molecule has 0 aliphatic carbocycles. The van der Waals surface area contributed by atoms with Crippen LogP contribution in [0.15, 0.2) is 34.3 Å². The van der Waals surface area contributed by atoms with Gasteiger partial charge in [0.15, 0.2) is 5.96 Å². The van der Waals surface area contributed by atoms with E-state index in [1.165, 1.54) is 19.3 Å². The Morgan fingerprint density at radius 2 is 1.72 bits per heavy atom. The Morgan fingerprint density at radius 3 is 2.45 bits per heavy atom. The fraction of sp³-hybridized carbons (Fsp3) is 0.619. The second-order valence-electron chi connectivity index (χ2n) is 7.16. The number of nitrogens with one attached hydrogen (secondary N) is 3. The number of hydrazine groups is 1. The molecule has 1 aromatic carbocycles. The van der Waals surface area contributed by atoms with Gasteiger partial charge in [-0.2, -0.15) is 0 Å². The van der Waals surface area contributed by atoms with Crippen molar-refractivity contribution in [2.24, 2.45) is 21.5 Å². The summed E-state index contributed by atoms with van der Waals surface area (Å²) in [4.78, 5) is 8.49. The van der Waals surface area contributed by atoms with E-state index in [2.05, 4.69) is 38.3 Å². The first-order valence-corrected chi connectivity index (χ1v) is 10.8. The number of unbranched alkanes of at least 4 members (excludes halogenated alkanes) is 4. The van der Waals surface area contributed by atoms with Gasteiger partial charge in [0.05, 0.1) is 6.61 Å². The number of rotatable bonds is 15. The van der Waals surface area contributed by atoms with Crippen molar-refractivity contribution in [2.75, 3.05) is 39.3 Å². The molecule has 0 saturated heterocycles. The molecule has 0 saturated carbocycles. The van der Waals surface area contributed by atoms with Crippen molar-refractivity contribution in [3.63, 3.8) is 0 Å².